The molecule has 0 bridgehead atoms. The Balaban J connectivity index is 3.10. The van der Waals surface area contributed by atoms with E-state index in [-0.39, 0.29) is 0 Å². The third-order valence-corrected chi connectivity index (χ3v) is 3.56. The molecule has 0 aromatic rings. The Labute approximate surface area is 116 Å². The fourth-order valence-electron chi connectivity index (χ4n) is 2.12. The molecule has 0 rings (SSSR count). The molecule has 0 heterocycles. The molecule has 0 spiro atoms. The van der Waals surface area contributed by atoms with Gasteiger partial charge in [0.1, 0.15) is 0 Å². The smallest absolute Gasteiger partial charge is 0.0348 e. The van der Waals surface area contributed by atoms with Gasteiger partial charge in [-0.2, -0.15) is 0 Å². The average Bonchev–Trinajstić information content (AvgIpc) is 2.39. The summed E-state index contributed by atoms with van der Waals surface area (Å²) in [4.78, 5) is 0. The summed E-state index contributed by atoms with van der Waals surface area (Å²) in [6.07, 6.45) is 22.2. The summed E-state index contributed by atoms with van der Waals surface area (Å²) in [5.74, 6) is 0. The summed E-state index contributed by atoms with van der Waals surface area (Å²) in [5.41, 5.74) is 1.38. The van der Waals surface area contributed by atoms with Gasteiger partial charge in [0.2, 0.25) is 0 Å². The van der Waals surface area contributed by atoms with Crippen molar-refractivity contribution in [1.82, 2.24) is 0 Å². The van der Waals surface area contributed by atoms with E-state index in [1.54, 1.807) is 0 Å². The first-order valence-corrected chi connectivity index (χ1v) is 8.10. The number of rotatable bonds is 12. The van der Waals surface area contributed by atoms with Crippen molar-refractivity contribution >= 4 is 0 Å². The van der Waals surface area contributed by atoms with Gasteiger partial charge in [-0.1, -0.05) is 88.5 Å². The Morgan fingerprint density at radius 1 is 0.778 bits per heavy atom. The van der Waals surface area contributed by atoms with Crippen molar-refractivity contribution in [3.8, 4) is 0 Å². The zero-order valence-electron chi connectivity index (χ0n) is 13.0. The van der Waals surface area contributed by atoms with Crippen molar-refractivity contribution < 1.29 is 0 Å². The highest BCUT2D eigenvalue weighted by molar-refractivity contribution is 5.14. The molecule has 0 aliphatic carbocycles. The molecule has 0 unspecified atom stereocenters. The quantitative estimate of drug-likeness (QED) is 0.263. The zero-order valence-corrected chi connectivity index (χ0v) is 13.0. The lowest BCUT2D eigenvalue weighted by Gasteiger charge is -2.01. The summed E-state index contributed by atoms with van der Waals surface area (Å²) in [6, 6.07) is 0. The molecular formula is C18H34. The van der Waals surface area contributed by atoms with Crippen molar-refractivity contribution in [3.05, 3.63) is 23.8 Å². The Hall–Kier alpha value is -0.520. The topological polar surface area (TPSA) is 0 Å². The molecular weight excluding hydrogens is 216 g/mol. The molecule has 0 nitrogen and oxygen atoms in total. The number of hydrogen-bond donors (Lipinski definition) is 0. The normalized spacial score (nSPS) is 12.5. The van der Waals surface area contributed by atoms with Crippen molar-refractivity contribution in [1.29, 1.82) is 0 Å². The second kappa shape index (κ2) is 14.5. The highest BCUT2D eigenvalue weighted by atomic mass is 14.0. The Bertz CT molecular complexity index is 210. The van der Waals surface area contributed by atoms with Crippen LogP contribution in [0.15, 0.2) is 23.8 Å². The first-order valence-electron chi connectivity index (χ1n) is 8.10. The first-order chi connectivity index (χ1) is 8.81. The van der Waals surface area contributed by atoms with Gasteiger partial charge in [0.15, 0.2) is 0 Å². The second-order valence-electron chi connectivity index (χ2n) is 5.41. The van der Waals surface area contributed by atoms with Crippen molar-refractivity contribution in [3.63, 3.8) is 0 Å². The minimum absolute atomic E-state index is 1.25. The fourth-order valence-corrected chi connectivity index (χ4v) is 2.12. The van der Waals surface area contributed by atoms with Crippen LogP contribution in [0.4, 0.5) is 0 Å². The Morgan fingerprint density at radius 2 is 1.28 bits per heavy atom. The van der Waals surface area contributed by atoms with Gasteiger partial charge in [-0.25, -0.2) is 0 Å². The van der Waals surface area contributed by atoms with Crippen LogP contribution in [0.2, 0.25) is 0 Å². The maximum absolute atomic E-state index is 2.32. The van der Waals surface area contributed by atoms with Crippen LogP contribution < -0.4 is 0 Å². The Morgan fingerprint density at radius 3 is 1.78 bits per heavy atom. The molecule has 0 aliphatic rings. The van der Waals surface area contributed by atoms with E-state index >= 15 is 0 Å². The maximum Gasteiger partial charge on any atom is -0.0348 e. The van der Waals surface area contributed by atoms with E-state index in [1.165, 1.54) is 76.2 Å². The summed E-state index contributed by atoms with van der Waals surface area (Å²) < 4.78 is 0. The number of allylic oxidation sites excluding steroid dienone is 4. The molecule has 0 radical (unpaired) electrons. The van der Waals surface area contributed by atoms with E-state index in [2.05, 4.69) is 39.0 Å². The van der Waals surface area contributed by atoms with E-state index < -0.39 is 0 Å². The standard InChI is InChI=1S/C18H34/c1-4-6-7-8-9-10-11-12-13-14-15-16-17-18(3)5-2/h5,16-17H,4,6-15H2,1-3H3. The van der Waals surface area contributed by atoms with Gasteiger partial charge in [-0.15, -0.1) is 0 Å². The van der Waals surface area contributed by atoms with E-state index in [0.29, 0.717) is 0 Å². The van der Waals surface area contributed by atoms with Crippen LogP contribution >= 0.6 is 0 Å². The van der Waals surface area contributed by atoms with Crippen molar-refractivity contribution in [2.45, 2.75) is 91.4 Å². The van der Waals surface area contributed by atoms with Crippen LogP contribution in [0.1, 0.15) is 91.4 Å². The molecule has 0 N–H and O–H groups in total. The van der Waals surface area contributed by atoms with E-state index in [9.17, 15) is 0 Å². The molecule has 0 saturated carbocycles. The van der Waals surface area contributed by atoms with Crippen molar-refractivity contribution in [2.24, 2.45) is 0 Å². The molecule has 0 atom stereocenters. The average molecular weight is 250 g/mol. The minimum Gasteiger partial charge on any atom is -0.0847 e. The zero-order chi connectivity index (χ0) is 13.5. The van der Waals surface area contributed by atoms with Gasteiger partial charge < -0.3 is 0 Å². The van der Waals surface area contributed by atoms with Gasteiger partial charge >= 0.3 is 0 Å². The SMILES string of the molecule is CC=C(C)C=CCCCCCCCCCCCC. The number of hydrogen-bond acceptors (Lipinski definition) is 0. The predicted octanol–water partition coefficient (Wildman–Crippen LogP) is 6.82. The Kier molecular flexibility index (Phi) is 14.1. The molecule has 0 saturated heterocycles. The summed E-state index contributed by atoms with van der Waals surface area (Å²) in [5, 5.41) is 0. The molecule has 0 aromatic carbocycles. The number of unbranched alkanes of at least 4 members (excludes halogenated alkanes) is 10. The van der Waals surface area contributed by atoms with Gasteiger partial charge in [0.05, 0.1) is 0 Å². The minimum atomic E-state index is 1.25. The molecule has 0 heteroatoms. The van der Waals surface area contributed by atoms with E-state index in [1.807, 2.05) is 0 Å². The molecule has 0 aliphatic heterocycles. The highest BCUT2D eigenvalue weighted by Crippen LogP contribution is 2.11. The van der Waals surface area contributed by atoms with Gasteiger partial charge in [0.25, 0.3) is 0 Å². The third-order valence-electron chi connectivity index (χ3n) is 3.56. The van der Waals surface area contributed by atoms with Crippen LogP contribution in [0.5, 0.6) is 0 Å². The van der Waals surface area contributed by atoms with E-state index in [0.717, 1.165) is 0 Å². The summed E-state index contributed by atoms with van der Waals surface area (Å²) >= 11 is 0. The monoisotopic (exact) mass is 250 g/mol. The lowest BCUT2D eigenvalue weighted by Crippen LogP contribution is -1.81. The maximum atomic E-state index is 2.32. The van der Waals surface area contributed by atoms with Gasteiger partial charge in [-0.05, 0) is 26.7 Å². The molecule has 0 amide bonds. The van der Waals surface area contributed by atoms with Gasteiger partial charge in [-0.3, -0.25) is 0 Å². The fraction of sp³-hybridized carbons (Fsp3) is 0.778. The van der Waals surface area contributed by atoms with Crippen LogP contribution in [-0.4, -0.2) is 0 Å². The molecule has 0 aromatic heterocycles. The first kappa shape index (κ1) is 17.5. The molecule has 0 fully saturated rings. The lowest BCUT2D eigenvalue weighted by molar-refractivity contribution is 0.557. The predicted molar refractivity (Wildman–Crippen MR) is 85.0 cm³/mol. The van der Waals surface area contributed by atoms with Crippen LogP contribution in [0, 0.1) is 0 Å². The third kappa shape index (κ3) is 13.5. The second-order valence-corrected chi connectivity index (χ2v) is 5.41. The van der Waals surface area contributed by atoms with Crippen LogP contribution in [0.3, 0.4) is 0 Å². The summed E-state index contributed by atoms with van der Waals surface area (Å²) in [6.45, 7) is 6.54. The largest absolute Gasteiger partial charge is 0.0847 e. The lowest BCUT2D eigenvalue weighted by atomic mass is 10.1. The van der Waals surface area contributed by atoms with Crippen LogP contribution in [0.25, 0.3) is 0 Å². The highest BCUT2D eigenvalue weighted by Gasteiger charge is 1.91. The van der Waals surface area contributed by atoms with E-state index in [4.69, 9.17) is 0 Å². The van der Waals surface area contributed by atoms with Gasteiger partial charge in [0, 0.05) is 0 Å². The molecule has 106 valence electrons. The van der Waals surface area contributed by atoms with Crippen LogP contribution in [-0.2, 0) is 0 Å². The molecule has 18 heavy (non-hydrogen) atoms. The van der Waals surface area contributed by atoms with Crippen molar-refractivity contribution in [2.75, 3.05) is 0 Å². The summed E-state index contributed by atoms with van der Waals surface area (Å²) in [7, 11) is 0.